The molecule has 0 aromatic heterocycles. The van der Waals surface area contributed by atoms with E-state index in [4.69, 9.17) is 9.84 Å². The van der Waals surface area contributed by atoms with Crippen molar-refractivity contribution in [2.24, 2.45) is 0 Å². The van der Waals surface area contributed by atoms with Gasteiger partial charge in [-0.15, -0.1) is 0 Å². The number of phenols is 2. The van der Waals surface area contributed by atoms with Crippen molar-refractivity contribution >= 4 is 11.8 Å². The van der Waals surface area contributed by atoms with Gasteiger partial charge in [0, 0.05) is 12.5 Å². The zero-order chi connectivity index (χ0) is 14.6. The van der Waals surface area contributed by atoms with Gasteiger partial charge in [-0.1, -0.05) is 0 Å². The number of carbonyl (C=O) groups is 2. The summed E-state index contributed by atoms with van der Waals surface area (Å²) in [6.45, 7) is 2.51. The second-order valence-corrected chi connectivity index (χ2v) is 4.32. The van der Waals surface area contributed by atoms with E-state index in [1.165, 1.54) is 19.9 Å². The lowest BCUT2D eigenvalue weighted by Crippen LogP contribution is -2.18. The maximum Gasteiger partial charge on any atom is 0.342 e. The van der Waals surface area contributed by atoms with Gasteiger partial charge in [-0.05, 0) is 25.5 Å². The molecular formula is C13H16O6. The molecule has 0 aliphatic heterocycles. The molecule has 0 fully saturated rings. The third kappa shape index (κ3) is 4.26. The van der Waals surface area contributed by atoms with Crippen LogP contribution in [0, 0.1) is 6.92 Å². The molecule has 19 heavy (non-hydrogen) atoms. The van der Waals surface area contributed by atoms with Crippen molar-refractivity contribution in [3.05, 3.63) is 23.3 Å². The van der Waals surface area contributed by atoms with E-state index >= 15 is 0 Å². The smallest absolute Gasteiger partial charge is 0.342 e. The maximum atomic E-state index is 11.7. The van der Waals surface area contributed by atoms with Crippen molar-refractivity contribution < 1.29 is 29.6 Å². The SMILES string of the molecule is Cc1cc(O)cc(O)c1C(=O)OCC(=O)C[C@@H](C)O. The largest absolute Gasteiger partial charge is 0.508 e. The Labute approximate surface area is 110 Å². The topological polar surface area (TPSA) is 104 Å². The number of aromatic hydroxyl groups is 2. The van der Waals surface area contributed by atoms with Crippen LogP contribution < -0.4 is 0 Å². The number of aliphatic hydroxyl groups is 1. The van der Waals surface area contributed by atoms with Gasteiger partial charge in [0.25, 0.3) is 0 Å². The Balaban J connectivity index is 2.72. The van der Waals surface area contributed by atoms with Gasteiger partial charge in [0.05, 0.1) is 6.10 Å². The first-order valence-electron chi connectivity index (χ1n) is 5.70. The third-order valence-corrected chi connectivity index (χ3v) is 2.39. The fraction of sp³-hybridized carbons (Fsp3) is 0.385. The normalized spacial score (nSPS) is 11.9. The monoisotopic (exact) mass is 268 g/mol. The van der Waals surface area contributed by atoms with E-state index in [0.29, 0.717) is 5.56 Å². The lowest BCUT2D eigenvalue weighted by Gasteiger charge is -2.09. The zero-order valence-corrected chi connectivity index (χ0v) is 10.7. The van der Waals surface area contributed by atoms with Gasteiger partial charge in [-0.25, -0.2) is 4.79 Å². The van der Waals surface area contributed by atoms with Gasteiger partial charge in [-0.2, -0.15) is 0 Å². The van der Waals surface area contributed by atoms with E-state index in [-0.39, 0.29) is 17.7 Å². The molecule has 1 aromatic rings. The van der Waals surface area contributed by atoms with E-state index in [1.807, 2.05) is 0 Å². The summed E-state index contributed by atoms with van der Waals surface area (Å²) in [6.07, 6.45) is -0.900. The molecule has 0 bridgehead atoms. The highest BCUT2D eigenvalue weighted by atomic mass is 16.5. The molecule has 0 heterocycles. The molecule has 6 heteroatoms. The summed E-state index contributed by atoms with van der Waals surface area (Å²) in [7, 11) is 0. The summed E-state index contributed by atoms with van der Waals surface area (Å²) in [6, 6.07) is 2.31. The van der Waals surface area contributed by atoms with Crippen LogP contribution in [0.15, 0.2) is 12.1 Å². The van der Waals surface area contributed by atoms with Gasteiger partial charge in [0.15, 0.2) is 5.78 Å². The summed E-state index contributed by atoms with van der Waals surface area (Å²) >= 11 is 0. The van der Waals surface area contributed by atoms with Gasteiger partial charge in [0.1, 0.15) is 23.7 Å². The first-order chi connectivity index (χ1) is 8.81. The number of phenolic OH excluding ortho intramolecular Hbond substituents is 2. The lowest BCUT2D eigenvalue weighted by atomic mass is 10.1. The van der Waals surface area contributed by atoms with Crippen LogP contribution in [-0.4, -0.2) is 39.8 Å². The summed E-state index contributed by atoms with van der Waals surface area (Å²) < 4.78 is 4.75. The average molecular weight is 268 g/mol. The van der Waals surface area contributed by atoms with Crippen molar-refractivity contribution in [2.75, 3.05) is 6.61 Å². The summed E-state index contributed by atoms with van der Waals surface area (Å²) in [5, 5.41) is 27.8. The van der Waals surface area contributed by atoms with Gasteiger partial charge >= 0.3 is 5.97 Å². The van der Waals surface area contributed by atoms with Crippen LogP contribution in [0.1, 0.15) is 29.3 Å². The number of Topliss-reactive ketones (excluding diaryl/α,β-unsaturated/α-hetero) is 1. The van der Waals surface area contributed by atoms with Crippen molar-refractivity contribution in [1.82, 2.24) is 0 Å². The van der Waals surface area contributed by atoms with Crippen molar-refractivity contribution in [3.8, 4) is 11.5 Å². The summed E-state index contributed by atoms with van der Waals surface area (Å²) in [4.78, 5) is 23.0. The Bertz CT molecular complexity index is 469. The minimum absolute atomic E-state index is 0.0948. The Morgan fingerprint density at radius 1 is 1.32 bits per heavy atom. The van der Waals surface area contributed by atoms with Crippen LogP contribution in [0.2, 0.25) is 0 Å². The number of carbonyl (C=O) groups excluding carboxylic acids is 2. The molecule has 6 nitrogen and oxygen atoms in total. The third-order valence-electron chi connectivity index (χ3n) is 2.39. The molecule has 3 N–H and O–H groups in total. The highest BCUT2D eigenvalue weighted by molar-refractivity contribution is 5.95. The average Bonchev–Trinajstić information content (AvgIpc) is 2.23. The molecule has 0 unspecified atom stereocenters. The molecule has 0 spiro atoms. The first-order valence-corrected chi connectivity index (χ1v) is 5.70. The van der Waals surface area contributed by atoms with E-state index < -0.39 is 30.2 Å². The first kappa shape index (κ1) is 15.0. The van der Waals surface area contributed by atoms with Crippen LogP contribution in [-0.2, 0) is 9.53 Å². The van der Waals surface area contributed by atoms with Crippen LogP contribution in [0.25, 0.3) is 0 Å². The van der Waals surface area contributed by atoms with Crippen LogP contribution in [0.3, 0.4) is 0 Å². The minimum atomic E-state index is -0.853. The van der Waals surface area contributed by atoms with Crippen molar-refractivity contribution in [1.29, 1.82) is 0 Å². The van der Waals surface area contributed by atoms with E-state index in [2.05, 4.69) is 0 Å². The van der Waals surface area contributed by atoms with Crippen molar-refractivity contribution in [3.63, 3.8) is 0 Å². The minimum Gasteiger partial charge on any atom is -0.508 e. The standard InChI is InChI=1S/C13H16O6/c1-7-3-9(15)5-11(17)12(7)13(18)19-6-10(16)4-8(2)14/h3,5,8,14-15,17H,4,6H2,1-2H3/t8-/m1/s1. The lowest BCUT2D eigenvalue weighted by molar-refractivity contribution is -0.123. The number of aryl methyl sites for hydroxylation is 1. The van der Waals surface area contributed by atoms with Gasteiger partial charge in [0.2, 0.25) is 0 Å². The number of hydrogen-bond donors (Lipinski definition) is 3. The summed E-state index contributed by atoms with van der Waals surface area (Å²) in [5.41, 5.74) is 0.244. The van der Waals surface area contributed by atoms with E-state index in [9.17, 15) is 19.8 Å². The molecule has 104 valence electrons. The molecular weight excluding hydrogens is 252 g/mol. The Hall–Kier alpha value is -2.08. The van der Waals surface area contributed by atoms with E-state index in [1.54, 1.807) is 0 Å². The molecule has 1 rings (SSSR count). The van der Waals surface area contributed by atoms with Crippen LogP contribution in [0.4, 0.5) is 0 Å². The maximum absolute atomic E-state index is 11.7. The second-order valence-electron chi connectivity index (χ2n) is 4.32. The molecule has 1 aromatic carbocycles. The predicted molar refractivity (Wildman–Crippen MR) is 66.1 cm³/mol. The fourth-order valence-electron chi connectivity index (χ4n) is 1.62. The number of hydrogen-bond acceptors (Lipinski definition) is 6. The van der Waals surface area contributed by atoms with Gasteiger partial charge in [-0.3, -0.25) is 4.79 Å². The number of ketones is 1. The van der Waals surface area contributed by atoms with E-state index in [0.717, 1.165) is 6.07 Å². The van der Waals surface area contributed by atoms with Gasteiger partial charge < -0.3 is 20.1 Å². The Morgan fingerprint density at radius 2 is 1.95 bits per heavy atom. The molecule has 0 aliphatic carbocycles. The number of esters is 1. The van der Waals surface area contributed by atoms with Crippen molar-refractivity contribution in [2.45, 2.75) is 26.4 Å². The molecule has 0 saturated heterocycles. The van der Waals surface area contributed by atoms with Crippen LogP contribution in [0.5, 0.6) is 11.5 Å². The zero-order valence-electron chi connectivity index (χ0n) is 10.7. The van der Waals surface area contributed by atoms with Crippen LogP contribution >= 0.6 is 0 Å². The number of ether oxygens (including phenoxy) is 1. The number of rotatable bonds is 5. The highest BCUT2D eigenvalue weighted by Crippen LogP contribution is 2.27. The fourth-order valence-corrected chi connectivity index (χ4v) is 1.62. The molecule has 0 amide bonds. The highest BCUT2D eigenvalue weighted by Gasteiger charge is 2.18. The second kappa shape index (κ2) is 6.19. The summed E-state index contributed by atoms with van der Waals surface area (Å²) in [5.74, 6) is -1.85. The Morgan fingerprint density at radius 3 is 2.47 bits per heavy atom. The molecule has 0 radical (unpaired) electrons. The number of benzene rings is 1. The Kier molecular flexibility index (Phi) is 4.88. The molecule has 1 atom stereocenters. The molecule has 0 saturated carbocycles. The number of aliphatic hydroxyl groups excluding tert-OH is 1. The predicted octanol–water partition coefficient (Wildman–Crippen LogP) is 0.903. The molecule has 0 aliphatic rings. The quantitative estimate of drug-likeness (QED) is 0.685.